The van der Waals surface area contributed by atoms with Gasteiger partial charge < -0.3 is 9.13 Å². The van der Waals surface area contributed by atoms with Crippen LogP contribution in [0.25, 0.3) is 110 Å². The third-order valence-electron chi connectivity index (χ3n) is 12.9. The van der Waals surface area contributed by atoms with E-state index in [9.17, 15) is 0 Å². The van der Waals surface area contributed by atoms with E-state index in [0.717, 1.165) is 55.3 Å². The van der Waals surface area contributed by atoms with Gasteiger partial charge in [0.1, 0.15) is 0 Å². The molecule has 0 aliphatic heterocycles. The van der Waals surface area contributed by atoms with Gasteiger partial charge in [-0.2, -0.15) is 0 Å². The van der Waals surface area contributed by atoms with Crippen LogP contribution in [-0.2, 0) is 5.41 Å². The normalized spacial score (nSPS) is 13.4. The molecule has 59 heavy (non-hydrogen) atoms. The van der Waals surface area contributed by atoms with Crippen LogP contribution in [0.2, 0.25) is 0 Å². The highest BCUT2D eigenvalue weighted by molar-refractivity contribution is 6.27. The molecule has 0 unspecified atom stereocenters. The second-order valence-electron chi connectivity index (χ2n) is 16.3. The molecule has 6 heteroatoms. The summed E-state index contributed by atoms with van der Waals surface area (Å²) in [4.78, 5) is 20.2. The Labute approximate surface area is 338 Å². The van der Waals surface area contributed by atoms with Crippen LogP contribution in [0.4, 0.5) is 0 Å². The van der Waals surface area contributed by atoms with E-state index in [2.05, 4.69) is 169 Å². The van der Waals surface area contributed by atoms with Gasteiger partial charge in [-0.3, -0.25) is 0 Å². The van der Waals surface area contributed by atoms with Crippen LogP contribution in [0.1, 0.15) is 25.0 Å². The van der Waals surface area contributed by atoms with Gasteiger partial charge in [0.15, 0.2) is 11.6 Å². The van der Waals surface area contributed by atoms with Crippen molar-refractivity contribution >= 4 is 75.9 Å². The van der Waals surface area contributed by atoms with Crippen LogP contribution in [0, 0.1) is 0 Å². The van der Waals surface area contributed by atoms with Crippen LogP contribution >= 0.6 is 0 Å². The van der Waals surface area contributed by atoms with E-state index in [1.54, 1.807) is 0 Å². The van der Waals surface area contributed by atoms with Gasteiger partial charge in [-0.15, -0.1) is 0 Å². The minimum atomic E-state index is -0.251. The maximum absolute atomic E-state index is 5.05. The van der Waals surface area contributed by atoms with Gasteiger partial charge in [0.05, 0.1) is 58.2 Å². The minimum Gasteiger partial charge on any atom is -0.306 e. The zero-order valence-corrected chi connectivity index (χ0v) is 32.3. The highest BCUT2D eigenvalue weighted by atomic mass is 15.0. The fraction of sp³-hybridized carbons (Fsp3) is 0.0566. The standard InChI is InChI=1S/C53H34N6/c1-53(2)42-25-23-40(51-54-27-32(28-55-51)58-44-15-7-3-11-34(44)35-12-4-8-16-45(35)58)38-21-19-31-20-22-39-41(24-26-43(53)50(39)48(31)49(38)42)52-56-29-33(30-57-52)59-46-17-9-5-13-36(46)37-14-6-10-18-47(37)59/h3-30H,1-2H3. The Morgan fingerprint density at radius 1 is 0.356 bits per heavy atom. The van der Waals surface area contributed by atoms with Gasteiger partial charge in [-0.25, -0.2) is 19.9 Å². The van der Waals surface area contributed by atoms with E-state index in [-0.39, 0.29) is 5.41 Å². The van der Waals surface area contributed by atoms with E-state index in [0.29, 0.717) is 11.6 Å². The van der Waals surface area contributed by atoms with Crippen molar-refractivity contribution in [2.24, 2.45) is 0 Å². The number of hydrogen-bond acceptors (Lipinski definition) is 4. The Kier molecular flexibility index (Phi) is 6.41. The molecule has 6 nitrogen and oxygen atoms in total. The molecule has 4 aromatic heterocycles. The van der Waals surface area contributed by atoms with Gasteiger partial charge in [0, 0.05) is 38.1 Å². The van der Waals surface area contributed by atoms with Crippen molar-refractivity contribution in [1.82, 2.24) is 29.1 Å². The molecule has 0 saturated heterocycles. The number of rotatable bonds is 4. The number of benzene rings is 8. The lowest BCUT2D eigenvalue weighted by atomic mass is 9.68. The first-order valence-corrected chi connectivity index (χ1v) is 20.1. The average molecular weight is 755 g/mol. The predicted molar refractivity (Wildman–Crippen MR) is 242 cm³/mol. The van der Waals surface area contributed by atoms with Gasteiger partial charge >= 0.3 is 0 Å². The van der Waals surface area contributed by atoms with Crippen LogP contribution in [0.3, 0.4) is 0 Å². The van der Waals surface area contributed by atoms with E-state index in [4.69, 9.17) is 19.9 Å². The van der Waals surface area contributed by atoms with Crippen LogP contribution in [-0.4, -0.2) is 29.1 Å². The quantitative estimate of drug-likeness (QED) is 0.168. The van der Waals surface area contributed by atoms with Gasteiger partial charge in [0.2, 0.25) is 0 Å². The molecule has 1 aliphatic carbocycles. The van der Waals surface area contributed by atoms with E-state index >= 15 is 0 Å². The van der Waals surface area contributed by atoms with Crippen molar-refractivity contribution < 1.29 is 0 Å². The lowest BCUT2D eigenvalue weighted by Gasteiger charge is -2.34. The second kappa shape index (κ2) is 11.7. The Bertz CT molecular complexity index is 3390. The number of fused-ring (bicyclic) bond motifs is 6. The molecule has 0 bridgehead atoms. The number of nitrogens with zero attached hydrogens (tertiary/aromatic N) is 6. The maximum Gasteiger partial charge on any atom is 0.159 e. The molecule has 0 amide bonds. The van der Waals surface area contributed by atoms with Crippen molar-refractivity contribution in [3.63, 3.8) is 0 Å². The lowest BCUT2D eigenvalue weighted by molar-refractivity contribution is 0.652. The highest BCUT2D eigenvalue weighted by Crippen LogP contribution is 2.51. The van der Waals surface area contributed by atoms with Crippen LogP contribution in [0.5, 0.6) is 0 Å². The van der Waals surface area contributed by atoms with Crippen molar-refractivity contribution in [1.29, 1.82) is 0 Å². The van der Waals surface area contributed by atoms with Gasteiger partial charge in [0.25, 0.3) is 0 Å². The van der Waals surface area contributed by atoms with E-state index in [1.807, 2.05) is 24.8 Å². The lowest BCUT2D eigenvalue weighted by Crippen LogP contribution is -2.22. The molecule has 276 valence electrons. The van der Waals surface area contributed by atoms with Crippen molar-refractivity contribution in [2.45, 2.75) is 19.3 Å². The summed E-state index contributed by atoms with van der Waals surface area (Å²) in [6.45, 7) is 4.69. The highest BCUT2D eigenvalue weighted by Gasteiger charge is 2.34. The molecule has 13 rings (SSSR count). The average Bonchev–Trinajstić information content (AvgIpc) is 3.81. The molecule has 0 atom stereocenters. The summed E-state index contributed by atoms with van der Waals surface area (Å²) in [6.07, 6.45) is 7.85. The SMILES string of the molecule is CC1(C)c2ccc(-c3ncc(-n4c5ccccc5c5ccccc54)cn3)c3ccc4ccc5c(-c6ncc(-n7c8ccccc8c8ccccc87)cn6)ccc1c5c4c23. The molecular formula is C53H34N6. The molecule has 0 spiro atoms. The molecule has 4 heterocycles. The van der Waals surface area contributed by atoms with Crippen LogP contribution < -0.4 is 0 Å². The summed E-state index contributed by atoms with van der Waals surface area (Å²) in [5.41, 5.74) is 10.9. The molecule has 0 saturated carbocycles. The molecule has 8 aromatic carbocycles. The second-order valence-corrected chi connectivity index (χ2v) is 16.3. The number of hydrogen-bond donors (Lipinski definition) is 0. The predicted octanol–water partition coefficient (Wildman–Crippen LogP) is 12.9. The first-order chi connectivity index (χ1) is 29.0. The third kappa shape index (κ3) is 4.35. The van der Waals surface area contributed by atoms with E-state index in [1.165, 1.54) is 54.2 Å². The van der Waals surface area contributed by atoms with Gasteiger partial charge in [-0.1, -0.05) is 135 Å². The Morgan fingerprint density at radius 3 is 1.08 bits per heavy atom. The maximum atomic E-state index is 5.05. The number of aromatic nitrogens is 6. The molecule has 0 radical (unpaired) electrons. The Balaban J connectivity index is 0.968. The topological polar surface area (TPSA) is 61.4 Å². The molecule has 12 aromatic rings. The fourth-order valence-electron chi connectivity index (χ4n) is 10.2. The smallest absolute Gasteiger partial charge is 0.159 e. The third-order valence-corrected chi connectivity index (χ3v) is 12.9. The summed E-state index contributed by atoms with van der Waals surface area (Å²) >= 11 is 0. The Morgan fingerprint density at radius 2 is 0.712 bits per heavy atom. The summed E-state index contributed by atoms with van der Waals surface area (Å²) in [5, 5.41) is 12.2. The summed E-state index contributed by atoms with van der Waals surface area (Å²) in [7, 11) is 0. The summed E-state index contributed by atoms with van der Waals surface area (Å²) < 4.78 is 4.52. The summed E-state index contributed by atoms with van der Waals surface area (Å²) in [6, 6.07) is 52.2. The molecular weight excluding hydrogens is 721 g/mol. The van der Waals surface area contributed by atoms with Gasteiger partial charge in [-0.05, 0) is 67.7 Å². The molecule has 1 aliphatic rings. The monoisotopic (exact) mass is 754 g/mol. The van der Waals surface area contributed by atoms with Crippen molar-refractivity contribution in [2.75, 3.05) is 0 Å². The largest absolute Gasteiger partial charge is 0.306 e. The zero-order chi connectivity index (χ0) is 39.0. The van der Waals surface area contributed by atoms with Crippen molar-refractivity contribution in [3.8, 4) is 34.2 Å². The van der Waals surface area contributed by atoms with Crippen molar-refractivity contribution in [3.05, 3.63) is 182 Å². The molecule has 0 fully saturated rings. The van der Waals surface area contributed by atoms with Crippen LogP contribution in [0.15, 0.2) is 170 Å². The first kappa shape index (κ1) is 32.4. The number of para-hydroxylation sites is 4. The molecule has 0 N–H and O–H groups in total. The zero-order valence-electron chi connectivity index (χ0n) is 32.3. The van der Waals surface area contributed by atoms with E-state index < -0.39 is 0 Å². The fourth-order valence-corrected chi connectivity index (χ4v) is 10.2. The first-order valence-electron chi connectivity index (χ1n) is 20.1. The summed E-state index contributed by atoms with van der Waals surface area (Å²) in [5.74, 6) is 1.42. The minimum absolute atomic E-state index is 0.251. The Hall–Kier alpha value is -7.70.